The molecular formula is C17H23FN4O3. The van der Waals surface area contributed by atoms with Crippen molar-refractivity contribution in [2.24, 2.45) is 4.99 Å². The summed E-state index contributed by atoms with van der Waals surface area (Å²) in [5.74, 6) is -0.718. The molecule has 0 bridgehead atoms. The number of alkyl carbamates (subject to hydrolysis) is 1. The molecule has 0 aromatic heterocycles. The highest BCUT2D eigenvalue weighted by atomic mass is 19.1. The van der Waals surface area contributed by atoms with Crippen molar-refractivity contribution < 1.29 is 18.7 Å². The van der Waals surface area contributed by atoms with E-state index in [0.29, 0.717) is 5.56 Å². The molecule has 2 amide bonds. The summed E-state index contributed by atoms with van der Waals surface area (Å²) in [5, 5.41) is 2.50. The van der Waals surface area contributed by atoms with Gasteiger partial charge in [0.05, 0.1) is 17.6 Å². The Kier molecular flexibility index (Phi) is 4.74. The zero-order valence-electron chi connectivity index (χ0n) is 15.0. The topological polar surface area (TPSA) is 97.0 Å². The van der Waals surface area contributed by atoms with Gasteiger partial charge in [0.15, 0.2) is 0 Å². The van der Waals surface area contributed by atoms with Gasteiger partial charge in [0.2, 0.25) is 11.9 Å². The number of nitrogens with zero attached hydrogens (tertiary/aromatic N) is 2. The second kappa shape index (κ2) is 6.34. The Bertz CT molecular complexity index is 742. The largest absolute Gasteiger partial charge is 0.444 e. The number of guanidine groups is 1. The van der Waals surface area contributed by atoms with Gasteiger partial charge in [-0.1, -0.05) is 6.07 Å². The zero-order valence-corrected chi connectivity index (χ0v) is 15.0. The number of benzene rings is 1. The zero-order chi connectivity index (χ0) is 19.0. The van der Waals surface area contributed by atoms with Gasteiger partial charge in [0.25, 0.3) is 0 Å². The molecule has 0 saturated heterocycles. The van der Waals surface area contributed by atoms with Crippen LogP contribution in [0, 0.1) is 5.82 Å². The maximum atomic E-state index is 13.4. The van der Waals surface area contributed by atoms with Gasteiger partial charge in [-0.2, -0.15) is 0 Å². The second-order valence-corrected chi connectivity index (χ2v) is 7.20. The molecule has 0 saturated carbocycles. The number of hydrogen-bond acceptors (Lipinski definition) is 5. The lowest BCUT2D eigenvalue weighted by molar-refractivity contribution is -0.128. The standard InChI is InChI=1S/C17H23FN4O3/c1-16(2,3)25-15(24)20-14-21-17(4,9-13(23)22(14)5)10-6-7-11(18)12(19)8-10/h6-8H,9,19H2,1-5H3,(H,20,21,24). The minimum atomic E-state index is -0.976. The molecule has 0 radical (unpaired) electrons. The molecule has 1 aromatic carbocycles. The number of nitrogen functional groups attached to an aromatic ring is 1. The van der Waals surface area contributed by atoms with Crippen LogP contribution in [0.1, 0.15) is 39.7 Å². The van der Waals surface area contributed by atoms with Crippen molar-refractivity contribution in [3.8, 4) is 0 Å². The SMILES string of the molecule is CN1C(=O)CC(C)(c2ccc(F)c(N)c2)N=C1NC(=O)OC(C)(C)C. The summed E-state index contributed by atoms with van der Waals surface area (Å²) in [6.45, 7) is 6.92. The lowest BCUT2D eigenvalue weighted by atomic mass is 9.87. The van der Waals surface area contributed by atoms with Gasteiger partial charge in [-0.3, -0.25) is 15.0 Å². The van der Waals surface area contributed by atoms with Crippen LogP contribution in [0.3, 0.4) is 0 Å². The molecule has 1 unspecified atom stereocenters. The van der Waals surface area contributed by atoms with Crippen LogP contribution in [0.2, 0.25) is 0 Å². The Morgan fingerprint density at radius 2 is 2.08 bits per heavy atom. The first-order chi connectivity index (χ1) is 11.4. The van der Waals surface area contributed by atoms with Crippen LogP contribution in [-0.4, -0.2) is 35.5 Å². The number of nitrogens with two attached hydrogens (primary N) is 1. The first-order valence-electron chi connectivity index (χ1n) is 7.83. The van der Waals surface area contributed by atoms with Gasteiger partial charge in [0.1, 0.15) is 11.4 Å². The van der Waals surface area contributed by atoms with E-state index in [1.54, 1.807) is 27.7 Å². The Balaban J connectivity index is 2.35. The highest BCUT2D eigenvalue weighted by molar-refractivity contribution is 6.04. The summed E-state index contributed by atoms with van der Waals surface area (Å²) in [4.78, 5) is 30.1. The molecule has 25 heavy (non-hydrogen) atoms. The van der Waals surface area contributed by atoms with E-state index in [0.717, 1.165) is 0 Å². The molecule has 1 aromatic rings. The number of amides is 2. The number of rotatable bonds is 1. The molecule has 0 spiro atoms. The van der Waals surface area contributed by atoms with E-state index >= 15 is 0 Å². The van der Waals surface area contributed by atoms with Crippen LogP contribution in [0.4, 0.5) is 14.9 Å². The summed E-state index contributed by atoms with van der Waals surface area (Å²) >= 11 is 0. The molecule has 3 N–H and O–H groups in total. The van der Waals surface area contributed by atoms with Crippen LogP contribution in [0.15, 0.2) is 23.2 Å². The Labute approximate surface area is 146 Å². The molecule has 0 fully saturated rings. The fourth-order valence-corrected chi connectivity index (χ4v) is 2.43. The average molecular weight is 350 g/mol. The lowest BCUT2D eigenvalue weighted by Crippen LogP contribution is -2.52. The van der Waals surface area contributed by atoms with Crippen LogP contribution in [0.5, 0.6) is 0 Å². The Morgan fingerprint density at radius 1 is 1.44 bits per heavy atom. The van der Waals surface area contributed by atoms with E-state index in [2.05, 4.69) is 10.3 Å². The highest BCUT2D eigenvalue weighted by Gasteiger charge is 2.38. The van der Waals surface area contributed by atoms with E-state index in [9.17, 15) is 14.0 Å². The Hall–Kier alpha value is -2.64. The minimum Gasteiger partial charge on any atom is -0.444 e. The van der Waals surface area contributed by atoms with Crippen LogP contribution < -0.4 is 11.1 Å². The number of ether oxygens (including phenoxy) is 1. The van der Waals surface area contributed by atoms with Gasteiger partial charge < -0.3 is 10.5 Å². The second-order valence-electron chi connectivity index (χ2n) is 7.20. The number of carbonyl (C=O) groups excluding carboxylic acids is 2. The number of anilines is 1. The lowest BCUT2D eigenvalue weighted by Gasteiger charge is -2.35. The number of aliphatic imine (C=N–C) groups is 1. The van der Waals surface area contributed by atoms with E-state index in [1.807, 2.05) is 0 Å². The minimum absolute atomic E-state index is 0.0260. The first kappa shape index (κ1) is 18.7. The van der Waals surface area contributed by atoms with E-state index in [4.69, 9.17) is 10.5 Å². The molecule has 1 atom stereocenters. The Morgan fingerprint density at radius 3 is 2.64 bits per heavy atom. The molecule has 2 rings (SSSR count). The predicted octanol–water partition coefficient (Wildman–Crippen LogP) is 2.37. The molecule has 7 nitrogen and oxygen atoms in total. The fourth-order valence-electron chi connectivity index (χ4n) is 2.43. The van der Waals surface area contributed by atoms with Crippen molar-refractivity contribution in [2.75, 3.05) is 12.8 Å². The van der Waals surface area contributed by atoms with Crippen molar-refractivity contribution >= 4 is 23.6 Å². The monoisotopic (exact) mass is 350 g/mol. The predicted molar refractivity (Wildman–Crippen MR) is 92.4 cm³/mol. The molecule has 8 heteroatoms. The average Bonchev–Trinajstić information content (AvgIpc) is 2.45. The third kappa shape index (κ3) is 4.26. The van der Waals surface area contributed by atoms with Gasteiger partial charge in [-0.15, -0.1) is 0 Å². The molecule has 0 aliphatic carbocycles. The van der Waals surface area contributed by atoms with E-state index < -0.39 is 23.1 Å². The summed E-state index contributed by atoms with van der Waals surface area (Å²) in [6, 6.07) is 4.20. The first-order valence-corrected chi connectivity index (χ1v) is 7.83. The maximum absolute atomic E-state index is 13.4. The number of hydrogen-bond donors (Lipinski definition) is 2. The van der Waals surface area contributed by atoms with Crippen molar-refractivity contribution in [2.45, 2.75) is 45.3 Å². The van der Waals surface area contributed by atoms with Crippen LogP contribution in [0.25, 0.3) is 0 Å². The van der Waals surface area contributed by atoms with Gasteiger partial charge in [-0.25, -0.2) is 14.2 Å². The molecule has 1 aliphatic heterocycles. The molecule has 136 valence electrons. The van der Waals surface area contributed by atoms with Crippen molar-refractivity contribution in [3.05, 3.63) is 29.6 Å². The van der Waals surface area contributed by atoms with Crippen LogP contribution in [-0.2, 0) is 15.1 Å². The fraction of sp³-hybridized carbons (Fsp3) is 0.471. The number of halogens is 1. The molecular weight excluding hydrogens is 327 g/mol. The summed E-state index contributed by atoms with van der Waals surface area (Å²) < 4.78 is 18.6. The third-order valence-electron chi connectivity index (χ3n) is 3.77. The highest BCUT2D eigenvalue weighted by Crippen LogP contribution is 2.34. The van der Waals surface area contributed by atoms with Crippen molar-refractivity contribution in [1.29, 1.82) is 0 Å². The quantitative estimate of drug-likeness (QED) is 0.760. The van der Waals surface area contributed by atoms with Gasteiger partial charge >= 0.3 is 6.09 Å². The number of nitrogens with one attached hydrogen (secondary N) is 1. The van der Waals surface area contributed by atoms with Gasteiger partial charge in [-0.05, 0) is 45.4 Å². The normalized spacial score (nSPS) is 21.0. The smallest absolute Gasteiger partial charge is 0.414 e. The van der Waals surface area contributed by atoms with Gasteiger partial charge in [0, 0.05) is 7.05 Å². The summed E-state index contributed by atoms with van der Waals surface area (Å²) in [5.41, 5.74) is 4.52. The third-order valence-corrected chi connectivity index (χ3v) is 3.77. The van der Waals surface area contributed by atoms with Crippen LogP contribution >= 0.6 is 0 Å². The maximum Gasteiger partial charge on any atom is 0.414 e. The van der Waals surface area contributed by atoms with Crippen molar-refractivity contribution in [3.63, 3.8) is 0 Å². The molecule has 1 aliphatic rings. The van der Waals surface area contributed by atoms with E-state index in [1.165, 1.54) is 30.1 Å². The van der Waals surface area contributed by atoms with E-state index in [-0.39, 0.29) is 24.0 Å². The van der Waals surface area contributed by atoms with Crippen molar-refractivity contribution in [1.82, 2.24) is 10.2 Å². The molecule has 1 heterocycles. The summed E-state index contributed by atoms with van der Waals surface area (Å²) in [6.07, 6.45) is -0.651. The number of carbonyl (C=O) groups is 2. The summed E-state index contributed by atoms with van der Waals surface area (Å²) in [7, 11) is 1.51.